The van der Waals surface area contributed by atoms with Gasteiger partial charge in [-0.05, 0) is 53.1 Å². The fraction of sp³-hybridized carbons (Fsp3) is 0.250. The fourth-order valence-corrected chi connectivity index (χ4v) is 3.01. The molecule has 0 radical (unpaired) electrons. The summed E-state index contributed by atoms with van der Waals surface area (Å²) in [6.45, 7) is 4.24. The molecule has 3 rings (SSSR count). The van der Waals surface area contributed by atoms with Crippen LogP contribution in [0.5, 0.6) is 5.75 Å². The van der Waals surface area contributed by atoms with Crippen molar-refractivity contribution in [2.75, 3.05) is 7.11 Å². The molecule has 8 heteroatoms. The number of alkyl halides is 2. The van der Waals surface area contributed by atoms with Gasteiger partial charge in [-0.1, -0.05) is 38.1 Å². The highest BCUT2D eigenvalue weighted by atomic mass is 32.2. The van der Waals surface area contributed by atoms with E-state index in [-0.39, 0.29) is 5.16 Å². The fourth-order valence-electron chi connectivity index (χ4n) is 2.53. The zero-order valence-electron chi connectivity index (χ0n) is 15.7. The van der Waals surface area contributed by atoms with Gasteiger partial charge in [0.05, 0.1) is 13.3 Å². The molecule has 0 unspecified atom stereocenters. The first kappa shape index (κ1) is 20.0. The molecule has 0 saturated heterocycles. The Labute approximate surface area is 166 Å². The number of ether oxygens (including phenoxy) is 1. The summed E-state index contributed by atoms with van der Waals surface area (Å²) < 4.78 is 32.3. The van der Waals surface area contributed by atoms with Gasteiger partial charge < -0.3 is 4.74 Å². The SMILES string of the molecule is COc1ccc(-c2nnc(SC(F)F)n2/N=C\c2ccc(C(C)C)cc2)cc1. The molecule has 2 aromatic carbocycles. The molecule has 0 aliphatic heterocycles. The molecule has 0 fully saturated rings. The summed E-state index contributed by atoms with van der Waals surface area (Å²) in [6.07, 6.45) is 1.61. The van der Waals surface area contributed by atoms with Crippen LogP contribution in [0.3, 0.4) is 0 Å². The summed E-state index contributed by atoms with van der Waals surface area (Å²) in [5.74, 6) is -1.13. The first-order chi connectivity index (χ1) is 13.5. The van der Waals surface area contributed by atoms with Crippen LogP contribution >= 0.6 is 11.8 Å². The lowest BCUT2D eigenvalue weighted by Crippen LogP contribution is -1.98. The van der Waals surface area contributed by atoms with E-state index in [2.05, 4.69) is 29.1 Å². The lowest BCUT2D eigenvalue weighted by atomic mass is 10.0. The highest BCUT2D eigenvalue weighted by Gasteiger charge is 2.18. The number of nitrogens with zero attached hydrogens (tertiary/aromatic N) is 4. The van der Waals surface area contributed by atoms with Crippen molar-refractivity contribution in [3.63, 3.8) is 0 Å². The molecular weight excluding hydrogens is 382 g/mol. The minimum absolute atomic E-state index is 0.0240. The molecule has 28 heavy (non-hydrogen) atoms. The van der Waals surface area contributed by atoms with Crippen molar-refractivity contribution >= 4 is 18.0 Å². The van der Waals surface area contributed by atoms with Crippen molar-refractivity contribution < 1.29 is 13.5 Å². The molecule has 0 saturated carbocycles. The van der Waals surface area contributed by atoms with E-state index >= 15 is 0 Å². The van der Waals surface area contributed by atoms with Gasteiger partial charge in [0.2, 0.25) is 5.16 Å². The third kappa shape index (κ3) is 4.75. The Morgan fingerprint density at radius 1 is 1.04 bits per heavy atom. The number of thioether (sulfide) groups is 1. The number of halogens is 2. The zero-order chi connectivity index (χ0) is 20.1. The van der Waals surface area contributed by atoms with Crippen molar-refractivity contribution in [3.05, 3.63) is 59.7 Å². The average molecular weight is 402 g/mol. The summed E-state index contributed by atoms with van der Waals surface area (Å²) >= 11 is 0.307. The van der Waals surface area contributed by atoms with Crippen LogP contribution in [0.15, 0.2) is 58.8 Å². The maximum atomic E-state index is 12.9. The number of rotatable bonds is 7. The van der Waals surface area contributed by atoms with Gasteiger partial charge in [-0.3, -0.25) is 0 Å². The van der Waals surface area contributed by atoms with Crippen LogP contribution in [0.4, 0.5) is 8.78 Å². The van der Waals surface area contributed by atoms with Crippen molar-refractivity contribution in [2.45, 2.75) is 30.7 Å². The first-order valence-electron chi connectivity index (χ1n) is 8.67. The lowest BCUT2D eigenvalue weighted by Gasteiger charge is -2.06. The second kappa shape index (κ2) is 8.97. The van der Waals surface area contributed by atoms with Crippen LogP contribution in [0.2, 0.25) is 0 Å². The topological polar surface area (TPSA) is 52.3 Å². The van der Waals surface area contributed by atoms with Gasteiger partial charge in [0, 0.05) is 5.56 Å². The summed E-state index contributed by atoms with van der Waals surface area (Å²) in [5.41, 5.74) is 2.77. The number of methoxy groups -OCH3 is 1. The summed E-state index contributed by atoms with van der Waals surface area (Å²) in [7, 11) is 1.57. The highest BCUT2D eigenvalue weighted by molar-refractivity contribution is 7.99. The molecule has 5 nitrogen and oxygen atoms in total. The normalized spacial score (nSPS) is 11.7. The third-order valence-electron chi connectivity index (χ3n) is 4.08. The van der Waals surface area contributed by atoms with E-state index in [1.54, 1.807) is 37.6 Å². The van der Waals surface area contributed by atoms with Crippen LogP contribution in [0.25, 0.3) is 11.4 Å². The van der Waals surface area contributed by atoms with E-state index in [1.807, 2.05) is 24.3 Å². The molecule has 1 heterocycles. The number of hydrogen-bond donors (Lipinski definition) is 0. The Morgan fingerprint density at radius 3 is 2.29 bits per heavy atom. The van der Waals surface area contributed by atoms with Crippen LogP contribution < -0.4 is 4.74 Å². The Bertz CT molecular complexity index is 938. The van der Waals surface area contributed by atoms with Gasteiger partial charge in [0.15, 0.2) is 5.82 Å². The van der Waals surface area contributed by atoms with Crippen LogP contribution in [0, 0.1) is 0 Å². The molecule has 146 valence electrons. The Balaban J connectivity index is 1.95. The lowest BCUT2D eigenvalue weighted by molar-refractivity contribution is 0.251. The predicted molar refractivity (Wildman–Crippen MR) is 107 cm³/mol. The molecule has 3 aromatic rings. The first-order valence-corrected chi connectivity index (χ1v) is 9.55. The van der Waals surface area contributed by atoms with Gasteiger partial charge in [-0.2, -0.15) is 18.6 Å². The standard InChI is InChI=1S/C20H20F2N4OS/c1-13(2)15-6-4-14(5-7-15)12-23-26-18(24-25-20(26)28-19(21)22)16-8-10-17(27-3)11-9-16/h4-13,19H,1-3H3/b23-12-. The maximum absolute atomic E-state index is 12.9. The average Bonchev–Trinajstić information content (AvgIpc) is 3.08. The van der Waals surface area contributed by atoms with Crippen molar-refractivity contribution in [1.29, 1.82) is 0 Å². The quantitative estimate of drug-likeness (QED) is 0.399. The van der Waals surface area contributed by atoms with Crippen LogP contribution in [-0.2, 0) is 0 Å². The van der Waals surface area contributed by atoms with Gasteiger partial charge >= 0.3 is 0 Å². The zero-order valence-corrected chi connectivity index (χ0v) is 16.5. The van der Waals surface area contributed by atoms with E-state index in [4.69, 9.17) is 4.74 Å². The predicted octanol–water partition coefficient (Wildman–Crippen LogP) is 5.27. The molecule has 0 atom stereocenters. The molecule has 0 bridgehead atoms. The van der Waals surface area contributed by atoms with Gasteiger partial charge in [-0.15, -0.1) is 10.2 Å². The number of aromatic nitrogens is 3. The number of hydrogen-bond acceptors (Lipinski definition) is 5. The van der Waals surface area contributed by atoms with E-state index in [9.17, 15) is 8.78 Å². The molecule has 0 spiro atoms. The molecule has 0 aliphatic carbocycles. The molecular formula is C20H20F2N4OS. The summed E-state index contributed by atoms with van der Waals surface area (Å²) in [6, 6.07) is 15.0. The van der Waals surface area contributed by atoms with E-state index in [0.29, 0.717) is 34.8 Å². The van der Waals surface area contributed by atoms with Crippen LogP contribution in [0.1, 0.15) is 30.9 Å². The van der Waals surface area contributed by atoms with Gasteiger partial charge in [0.25, 0.3) is 5.76 Å². The van der Waals surface area contributed by atoms with Crippen molar-refractivity contribution in [2.24, 2.45) is 5.10 Å². The smallest absolute Gasteiger partial charge is 0.291 e. The summed E-state index contributed by atoms with van der Waals surface area (Å²) in [4.78, 5) is 0. The van der Waals surface area contributed by atoms with E-state index in [0.717, 1.165) is 5.56 Å². The summed E-state index contributed by atoms with van der Waals surface area (Å²) in [5, 5.41) is 12.3. The van der Waals surface area contributed by atoms with E-state index in [1.165, 1.54) is 10.2 Å². The van der Waals surface area contributed by atoms with Crippen molar-refractivity contribution in [1.82, 2.24) is 14.9 Å². The third-order valence-corrected chi connectivity index (χ3v) is 4.72. The van der Waals surface area contributed by atoms with Gasteiger partial charge in [-0.25, -0.2) is 0 Å². The molecule has 0 aliphatic rings. The Hall–Kier alpha value is -2.74. The van der Waals surface area contributed by atoms with Crippen LogP contribution in [-0.4, -0.2) is 34.0 Å². The largest absolute Gasteiger partial charge is 0.497 e. The number of benzene rings is 2. The van der Waals surface area contributed by atoms with Crippen molar-refractivity contribution in [3.8, 4) is 17.1 Å². The maximum Gasteiger partial charge on any atom is 0.291 e. The molecule has 1 aromatic heterocycles. The van der Waals surface area contributed by atoms with Gasteiger partial charge in [0.1, 0.15) is 5.75 Å². The Morgan fingerprint density at radius 2 is 1.71 bits per heavy atom. The minimum Gasteiger partial charge on any atom is -0.497 e. The minimum atomic E-state index is -2.62. The Kier molecular flexibility index (Phi) is 6.41. The second-order valence-electron chi connectivity index (χ2n) is 6.29. The monoisotopic (exact) mass is 402 g/mol. The molecule has 0 amide bonds. The highest BCUT2D eigenvalue weighted by Crippen LogP contribution is 2.28. The molecule has 0 N–H and O–H groups in total. The second-order valence-corrected chi connectivity index (χ2v) is 7.25. The van der Waals surface area contributed by atoms with E-state index < -0.39 is 5.76 Å².